The van der Waals surface area contributed by atoms with Gasteiger partial charge in [0.1, 0.15) is 5.41 Å². The molecule has 0 bridgehead atoms. The third-order valence-electron chi connectivity index (χ3n) is 5.27. The molecular weight excluding hydrogens is 322 g/mol. The molecule has 4 rings (SSSR count). The van der Waals surface area contributed by atoms with Gasteiger partial charge in [-0.15, -0.1) is 0 Å². The number of ether oxygens (including phenoxy) is 1. The number of anilines is 1. The van der Waals surface area contributed by atoms with Gasteiger partial charge in [-0.1, -0.05) is 0 Å². The number of rotatable bonds is 3. The van der Waals surface area contributed by atoms with Gasteiger partial charge in [0, 0.05) is 51.7 Å². The summed E-state index contributed by atoms with van der Waals surface area (Å²) >= 11 is 0. The summed E-state index contributed by atoms with van der Waals surface area (Å²) in [5.41, 5.74) is -0.803. The van der Waals surface area contributed by atoms with E-state index in [-0.39, 0.29) is 11.8 Å². The first kappa shape index (κ1) is 16.3. The molecule has 0 atom stereocenters. The summed E-state index contributed by atoms with van der Waals surface area (Å²) in [7, 11) is 0. The second-order valence-electron chi connectivity index (χ2n) is 6.81. The lowest BCUT2D eigenvalue weighted by Crippen LogP contribution is -2.55. The van der Waals surface area contributed by atoms with E-state index in [1.54, 1.807) is 23.4 Å². The lowest BCUT2D eigenvalue weighted by atomic mass is 10.0. The third-order valence-corrected chi connectivity index (χ3v) is 5.27. The highest BCUT2D eigenvalue weighted by molar-refractivity contribution is 6.08. The second-order valence-corrected chi connectivity index (χ2v) is 6.81. The zero-order valence-corrected chi connectivity index (χ0v) is 14.3. The molecular formula is C17H23N5O3. The van der Waals surface area contributed by atoms with E-state index < -0.39 is 5.41 Å². The largest absolute Gasteiger partial charge is 0.378 e. The fourth-order valence-corrected chi connectivity index (χ4v) is 3.58. The van der Waals surface area contributed by atoms with Gasteiger partial charge in [-0.3, -0.25) is 9.59 Å². The Hall–Kier alpha value is -2.22. The fraction of sp³-hybridized carbons (Fsp3) is 0.647. The molecule has 1 aromatic rings. The highest BCUT2D eigenvalue weighted by Gasteiger charge is 2.59. The molecule has 134 valence electrons. The summed E-state index contributed by atoms with van der Waals surface area (Å²) in [4.78, 5) is 40.1. The van der Waals surface area contributed by atoms with Gasteiger partial charge in [0.05, 0.1) is 13.2 Å². The second kappa shape index (κ2) is 6.59. The van der Waals surface area contributed by atoms with E-state index in [2.05, 4.69) is 14.9 Å². The minimum Gasteiger partial charge on any atom is -0.378 e. The average Bonchev–Trinajstić information content (AvgIpc) is 3.50. The maximum Gasteiger partial charge on any atom is 0.238 e. The van der Waals surface area contributed by atoms with E-state index >= 15 is 0 Å². The van der Waals surface area contributed by atoms with E-state index in [4.69, 9.17) is 4.74 Å². The molecule has 8 nitrogen and oxygen atoms in total. The molecule has 3 fully saturated rings. The highest BCUT2D eigenvalue weighted by Crippen LogP contribution is 2.49. The Morgan fingerprint density at radius 3 is 2.00 bits per heavy atom. The fourth-order valence-electron chi connectivity index (χ4n) is 3.58. The molecule has 0 spiro atoms. The standard InChI is InChI=1S/C17H23N5O3/c23-14(17(2-3-17)15(24)21-10-12-25-13-11-21)20-6-8-22(9-7-20)16-18-4-1-5-19-16/h1,4-5H,2-3,6-13H2. The molecule has 2 amide bonds. The van der Waals surface area contributed by atoms with Crippen LogP contribution in [0.4, 0.5) is 5.95 Å². The normalized spacial score (nSPS) is 22.6. The van der Waals surface area contributed by atoms with E-state index in [0.29, 0.717) is 71.3 Å². The monoisotopic (exact) mass is 345 g/mol. The maximum absolute atomic E-state index is 13.0. The van der Waals surface area contributed by atoms with E-state index in [9.17, 15) is 9.59 Å². The van der Waals surface area contributed by atoms with Crippen LogP contribution in [0.15, 0.2) is 18.5 Å². The number of morpholine rings is 1. The van der Waals surface area contributed by atoms with E-state index in [1.807, 2.05) is 4.90 Å². The van der Waals surface area contributed by atoms with Crippen molar-refractivity contribution in [2.45, 2.75) is 12.8 Å². The summed E-state index contributed by atoms with van der Waals surface area (Å²) in [6.07, 6.45) is 4.79. The topological polar surface area (TPSA) is 78.9 Å². The minimum atomic E-state index is -0.803. The van der Waals surface area contributed by atoms with Gasteiger partial charge in [-0.25, -0.2) is 9.97 Å². The summed E-state index contributed by atoms with van der Waals surface area (Å²) in [6, 6.07) is 1.79. The number of amides is 2. The lowest BCUT2D eigenvalue weighted by Gasteiger charge is -2.37. The maximum atomic E-state index is 13.0. The number of hydrogen-bond donors (Lipinski definition) is 0. The Morgan fingerprint density at radius 1 is 0.880 bits per heavy atom. The molecule has 0 aromatic carbocycles. The summed E-state index contributed by atoms with van der Waals surface area (Å²) in [5, 5.41) is 0. The van der Waals surface area contributed by atoms with Gasteiger partial charge < -0.3 is 19.4 Å². The van der Waals surface area contributed by atoms with Crippen molar-refractivity contribution in [3.63, 3.8) is 0 Å². The first-order valence-electron chi connectivity index (χ1n) is 8.89. The molecule has 0 radical (unpaired) electrons. The van der Waals surface area contributed by atoms with Crippen LogP contribution in [0.25, 0.3) is 0 Å². The quantitative estimate of drug-likeness (QED) is 0.704. The first-order chi connectivity index (χ1) is 12.2. The Labute approximate surface area is 146 Å². The predicted molar refractivity (Wildman–Crippen MR) is 89.9 cm³/mol. The van der Waals surface area contributed by atoms with E-state index in [0.717, 1.165) is 0 Å². The molecule has 8 heteroatoms. The van der Waals surface area contributed by atoms with Crippen LogP contribution in [-0.4, -0.2) is 84.1 Å². The van der Waals surface area contributed by atoms with Crippen LogP contribution >= 0.6 is 0 Å². The van der Waals surface area contributed by atoms with Gasteiger partial charge in [-0.2, -0.15) is 0 Å². The minimum absolute atomic E-state index is 0.00220. The van der Waals surface area contributed by atoms with Crippen LogP contribution in [0, 0.1) is 5.41 Å². The van der Waals surface area contributed by atoms with Gasteiger partial charge >= 0.3 is 0 Å². The van der Waals surface area contributed by atoms with Crippen molar-refractivity contribution >= 4 is 17.8 Å². The number of hydrogen-bond acceptors (Lipinski definition) is 6. The predicted octanol–water partition coefficient (Wildman–Crippen LogP) is -0.236. The third kappa shape index (κ3) is 3.06. The molecule has 2 aliphatic heterocycles. The van der Waals surface area contributed by atoms with E-state index in [1.165, 1.54) is 0 Å². The van der Waals surface area contributed by atoms with Crippen molar-refractivity contribution in [2.75, 3.05) is 57.4 Å². The number of carbonyl (C=O) groups excluding carboxylic acids is 2. The Morgan fingerprint density at radius 2 is 1.44 bits per heavy atom. The summed E-state index contributed by atoms with van der Waals surface area (Å²) in [6.45, 7) is 4.90. The summed E-state index contributed by atoms with van der Waals surface area (Å²) in [5.74, 6) is 0.687. The average molecular weight is 345 g/mol. The van der Waals surface area contributed by atoms with Crippen molar-refractivity contribution in [2.24, 2.45) is 5.41 Å². The Kier molecular flexibility index (Phi) is 4.29. The van der Waals surface area contributed by atoms with Crippen LogP contribution in [-0.2, 0) is 14.3 Å². The zero-order chi connectivity index (χ0) is 17.3. The number of aromatic nitrogens is 2. The molecule has 1 aromatic heterocycles. The molecule has 0 N–H and O–H groups in total. The number of piperazine rings is 1. The lowest BCUT2D eigenvalue weighted by molar-refractivity contribution is -0.152. The molecule has 0 unspecified atom stereocenters. The van der Waals surface area contributed by atoms with Gasteiger partial charge in [0.2, 0.25) is 17.8 Å². The van der Waals surface area contributed by atoms with Gasteiger partial charge in [0.15, 0.2) is 0 Å². The Balaban J connectivity index is 1.38. The van der Waals surface area contributed by atoms with Crippen LogP contribution in [0.1, 0.15) is 12.8 Å². The smallest absolute Gasteiger partial charge is 0.238 e. The van der Waals surface area contributed by atoms with Crippen molar-refractivity contribution in [1.82, 2.24) is 19.8 Å². The molecule has 25 heavy (non-hydrogen) atoms. The Bertz CT molecular complexity index is 635. The molecule has 1 saturated carbocycles. The highest BCUT2D eigenvalue weighted by atomic mass is 16.5. The van der Waals surface area contributed by atoms with Crippen molar-refractivity contribution in [3.8, 4) is 0 Å². The van der Waals surface area contributed by atoms with Crippen LogP contribution < -0.4 is 4.90 Å². The molecule has 1 aliphatic carbocycles. The number of carbonyl (C=O) groups is 2. The molecule has 3 heterocycles. The molecule has 3 aliphatic rings. The van der Waals surface area contributed by atoms with Crippen molar-refractivity contribution in [1.29, 1.82) is 0 Å². The van der Waals surface area contributed by atoms with Crippen molar-refractivity contribution in [3.05, 3.63) is 18.5 Å². The number of nitrogens with zero attached hydrogens (tertiary/aromatic N) is 5. The van der Waals surface area contributed by atoms with Crippen LogP contribution in [0.5, 0.6) is 0 Å². The van der Waals surface area contributed by atoms with Gasteiger partial charge in [-0.05, 0) is 18.9 Å². The first-order valence-corrected chi connectivity index (χ1v) is 8.89. The van der Waals surface area contributed by atoms with Crippen LogP contribution in [0.3, 0.4) is 0 Å². The molecule has 2 saturated heterocycles. The van der Waals surface area contributed by atoms with Gasteiger partial charge in [0.25, 0.3) is 0 Å². The van der Waals surface area contributed by atoms with Crippen LogP contribution in [0.2, 0.25) is 0 Å². The summed E-state index contributed by atoms with van der Waals surface area (Å²) < 4.78 is 5.31. The van der Waals surface area contributed by atoms with Crippen molar-refractivity contribution < 1.29 is 14.3 Å². The SMILES string of the molecule is O=C(N1CCOCC1)C1(C(=O)N2CCN(c3ncccn3)CC2)CC1. The zero-order valence-electron chi connectivity index (χ0n) is 14.3.